The highest BCUT2D eigenvalue weighted by Crippen LogP contribution is 2.23. The van der Waals surface area contributed by atoms with E-state index in [-0.39, 0.29) is 5.54 Å². The van der Waals surface area contributed by atoms with Crippen LogP contribution in [0.5, 0.6) is 0 Å². The Hall–Kier alpha value is -1.80. The van der Waals surface area contributed by atoms with E-state index in [9.17, 15) is 0 Å². The van der Waals surface area contributed by atoms with Crippen molar-refractivity contribution in [2.75, 3.05) is 11.9 Å². The van der Waals surface area contributed by atoms with Crippen molar-refractivity contribution in [2.24, 2.45) is 5.73 Å². The van der Waals surface area contributed by atoms with E-state index in [0.717, 1.165) is 12.1 Å². The normalized spacial score (nSPS) is 11.3. The summed E-state index contributed by atoms with van der Waals surface area (Å²) < 4.78 is 0. The van der Waals surface area contributed by atoms with Crippen LogP contribution in [0.2, 0.25) is 0 Å². The first-order chi connectivity index (χ1) is 9.11. The third-order valence-corrected chi connectivity index (χ3v) is 3.24. The Morgan fingerprint density at radius 2 is 1.47 bits per heavy atom. The molecule has 100 valence electrons. The number of rotatable bonds is 5. The monoisotopic (exact) mass is 254 g/mol. The highest BCUT2D eigenvalue weighted by Gasteiger charge is 2.15. The summed E-state index contributed by atoms with van der Waals surface area (Å²) in [7, 11) is 0. The van der Waals surface area contributed by atoms with Crippen molar-refractivity contribution >= 4 is 5.69 Å². The molecule has 0 saturated carbocycles. The van der Waals surface area contributed by atoms with Gasteiger partial charge in [-0.25, -0.2) is 0 Å². The van der Waals surface area contributed by atoms with E-state index in [1.165, 1.54) is 11.1 Å². The zero-order valence-corrected chi connectivity index (χ0v) is 11.7. The summed E-state index contributed by atoms with van der Waals surface area (Å²) in [5.41, 5.74) is 9.28. The largest absolute Gasteiger partial charge is 0.380 e. The predicted molar refractivity (Wildman–Crippen MR) is 83.3 cm³/mol. The Bertz CT molecular complexity index is 501. The maximum absolute atomic E-state index is 5.63. The van der Waals surface area contributed by atoms with Gasteiger partial charge in [0.25, 0.3) is 0 Å². The molecule has 0 aliphatic rings. The fourth-order valence-electron chi connectivity index (χ4n) is 2.19. The standard InChI is InChI=1S/C17H22N2/c1-17(2,12-13-18)19-16-10-8-15(9-11-16)14-6-4-3-5-7-14/h3-11,19H,12-13,18H2,1-2H3. The van der Waals surface area contributed by atoms with E-state index < -0.39 is 0 Å². The molecular weight excluding hydrogens is 232 g/mol. The van der Waals surface area contributed by atoms with Gasteiger partial charge in [0, 0.05) is 11.2 Å². The van der Waals surface area contributed by atoms with Gasteiger partial charge in [-0.05, 0) is 50.1 Å². The number of nitrogens with two attached hydrogens (primary N) is 1. The van der Waals surface area contributed by atoms with E-state index in [4.69, 9.17) is 5.73 Å². The van der Waals surface area contributed by atoms with E-state index in [0.29, 0.717) is 6.54 Å². The molecule has 0 aliphatic heterocycles. The number of hydrogen-bond acceptors (Lipinski definition) is 2. The van der Waals surface area contributed by atoms with Crippen molar-refractivity contribution in [1.82, 2.24) is 0 Å². The lowest BCUT2D eigenvalue weighted by Crippen LogP contribution is -2.33. The van der Waals surface area contributed by atoms with Gasteiger partial charge in [0.15, 0.2) is 0 Å². The first kappa shape index (κ1) is 13.6. The number of benzene rings is 2. The van der Waals surface area contributed by atoms with Gasteiger partial charge < -0.3 is 11.1 Å². The van der Waals surface area contributed by atoms with Crippen LogP contribution in [-0.2, 0) is 0 Å². The van der Waals surface area contributed by atoms with E-state index >= 15 is 0 Å². The molecule has 0 aliphatic carbocycles. The molecule has 2 rings (SSSR count). The van der Waals surface area contributed by atoms with Crippen molar-refractivity contribution in [1.29, 1.82) is 0 Å². The number of nitrogens with one attached hydrogen (secondary N) is 1. The van der Waals surface area contributed by atoms with Crippen LogP contribution in [0.3, 0.4) is 0 Å². The van der Waals surface area contributed by atoms with Crippen LogP contribution in [0.25, 0.3) is 11.1 Å². The highest BCUT2D eigenvalue weighted by molar-refractivity contribution is 5.66. The molecule has 0 aromatic heterocycles. The molecule has 0 fully saturated rings. The molecule has 3 N–H and O–H groups in total. The van der Waals surface area contributed by atoms with Crippen molar-refractivity contribution in [2.45, 2.75) is 25.8 Å². The molecule has 2 aromatic rings. The van der Waals surface area contributed by atoms with Gasteiger partial charge in [0.05, 0.1) is 0 Å². The zero-order valence-electron chi connectivity index (χ0n) is 11.7. The average molecular weight is 254 g/mol. The second-order valence-electron chi connectivity index (χ2n) is 5.49. The first-order valence-electron chi connectivity index (χ1n) is 6.74. The van der Waals surface area contributed by atoms with E-state index in [2.05, 4.69) is 67.7 Å². The van der Waals surface area contributed by atoms with Gasteiger partial charge in [0.1, 0.15) is 0 Å². The summed E-state index contributed by atoms with van der Waals surface area (Å²) in [4.78, 5) is 0. The molecule has 0 unspecified atom stereocenters. The smallest absolute Gasteiger partial charge is 0.0344 e. The van der Waals surface area contributed by atoms with Gasteiger partial charge in [-0.2, -0.15) is 0 Å². The maximum atomic E-state index is 5.63. The number of hydrogen-bond donors (Lipinski definition) is 2. The fraction of sp³-hybridized carbons (Fsp3) is 0.294. The lowest BCUT2D eigenvalue weighted by molar-refractivity contribution is 0.526. The second-order valence-corrected chi connectivity index (χ2v) is 5.49. The summed E-state index contributed by atoms with van der Waals surface area (Å²) in [5, 5.41) is 3.52. The molecule has 2 heteroatoms. The minimum Gasteiger partial charge on any atom is -0.380 e. The van der Waals surface area contributed by atoms with Crippen LogP contribution in [-0.4, -0.2) is 12.1 Å². The molecule has 0 heterocycles. The highest BCUT2D eigenvalue weighted by atomic mass is 15.0. The second kappa shape index (κ2) is 5.89. The Balaban J connectivity index is 2.11. The Kier molecular flexibility index (Phi) is 4.23. The maximum Gasteiger partial charge on any atom is 0.0344 e. The summed E-state index contributed by atoms with van der Waals surface area (Å²) >= 11 is 0. The lowest BCUT2D eigenvalue weighted by Gasteiger charge is -2.27. The van der Waals surface area contributed by atoms with Crippen LogP contribution in [0.4, 0.5) is 5.69 Å². The van der Waals surface area contributed by atoms with Gasteiger partial charge in [-0.1, -0.05) is 42.5 Å². The topological polar surface area (TPSA) is 38.0 Å². The first-order valence-corrected chi connectivity index (χ1v) is 6.74. The summed E-state index contributed by atoms with van der Waals surface area (Å²) in [6.07, 6.45) is 0.952. The molecule has 0 atom stereocenters. The Labute approximate surface area is 115 Å². The summed E-state index contributed by atoms with van der Waals surface area (Å²) in [6.45, 7) is 5.04. The molecule has 0 amide bonds. The van der Waals surface area contributed by atoms with E-state index in [1.807, 2.05) is 6.07 Å². The zero-order chi connectivity index (χ0) is 13.7. The van der Waals surface area contributed by atoms with Crippen LogP contribution < -0.4 is 11.1 Å². The van der Waals surface area contributed by atoms with E-state index in [1.54, 1.807) is 0 Å². The van der Waals surface area contributed by atoms with Crippen LogP contribution in [0.15, 0.2) is 54.6 Å². The quantitative estimate of drug-likeness (QED) is 0.849. The van der Waals surface area contributed by atoms with Gasteiger partial charge >= 0.3 is 0 Å². The van der Waals surface area contributed by atoms with Crippen LogP contribution in [0, 0.1) is 0 Å². The predicted octanol–water partition coefficient (Wildman–Crippen LogP) is 3.89. The molecule has 0 spiro atoms. The summed E-state index contributed by atoms with van der Waals surface area (Å²) in [6, 6.07) is 19.0. The Morgan fingerprint density at radius 3 is 2.05 bits per heavy atom. The number of anilines is 1. The van der Waals surface area contributed by atoms with Crippen molar-refractivity contribution < 1.29 is 0 Å². The van der Waals surface area contributed by atoms with Crippen LogP contribution >= 0.6 is 0 Å². The third kappa shape index (κ3) is 3.83. The molecule has 0 saturated heterocycles. The summed E-state index contributed by atoms with van der Waals surface area (Å²) in [5.74, 6) is 0. The van der Waals surface area contributed by atoms with Gasteiger partial charge in [0.2, 0.25) is 0 Å². The van der Waals surface area contributed by atoms with Gasteiger partial charge in [-0.3, -0.25) is 0 Å². The molecule has 2 aromatic carbocycles. The fourth-order valence-corrected chi connectivity index (χ4v) is 2.19. The van der Waals surface area contributed by atoms with Crippen molar-refractivity contribution in [3.8, 4) is 11.1 Å². The molecule has 19 heavy (non-hydrogen) atoms. The van der Waals surface area contributed by atoms with Crippen molar-refractivity contribution in [3.63, 3.8) is 0 Å². The SMILES string of the molecule is CC(C)(CCN)Nc1ccc(-c2ccccc2)cc1. The average Bonchev–Trinajstić information content (AvgIpc) is 2.40. The molecule has 0 bridgehead atoms. The lowest BCUT2D eigenvalue weighted by atomic mass is 9.99. The molecule has 0 radical (unpaired) electrons. The third-order valence-electron chi connectivity index (χ3n) is 3.24. The minimum atomic E-state index is 0.0308. The van der Waals surface area contributed by atoms with Crippen molar-refractivity contribution in [3.05, 3.63) is 54.6 Å². The minimum absolute atomic E-state index is 0.0308. The van der Waals surface area contributed by atoms with Gasteiger partial charge in [-0.15, -0.1) is 0 Å². The molecule has 2 nitrogen and oxygen atoms in total. The van der Waals surface area contributed by atoms with Crippen LogP contribution in [0.1, 0.15) is 20.3 Å². The Morgan fingerprint density at radius 1 is 0.895 bits per heavy atom. The molecular formula is C17H22N2.